The second-order valence-electron chi connectivity index (χ2n) is 3.09. The van der Waals surface area contributed by atoms with Crippen LogP contribution in [0.5, 0.6) is 0 Å². The molecule has 1 aliphatic rings. The first kappa shape index (κ1) is 10.7. The number of hydrogen-bond donors (Lipinski definition) is 2. The van der Waals surface area contributed by atoms with E-state index in [9.17, 15) is 18.4 Å². The number of carbonyl (C=O) groups excluding carboxylic acids is 1. The molecule has 5 nitrogen and oxygen atoms in total. The zero-order valence-corrected chi connectivity index (χ0v) is 7.30. The van der Waals surface area contributed by atoms with Gasteiger partial charge in [-0.15, -0.1) is 0 Å². The Morgan fingerprint density at radius 1 is 1.43 bits per heavy atom. The summed E-state index contributed by atoms with van der Waals surface area (Å²) in [6.45, 7) is -1.23. The molecule has 0 radical (unpaired) electrons. The van der Waals surface area contributed by atoms with E-state index >= 15 is 0 Å². The minimum atomic E-state index is -2.79. The number of carboxylic acid groups (broad SMARTS) is 1. The van der Waals surface area contributed by atoms with Gasteiger partial charge >= 0.3 is 12.0 Å². The van der Waals surface area contributed by atoms with Gasteiger partial charge in [0.1, 0.15) is 0 Å². The lowest BCUT2D eigenvalue weighted by atomic mass is 10.2. The number of carbonyl (C=O) groups is 2. The molecule has 1 rings (SSSR count). The molecule has 0 aromatic rings. The third-order valence-electron chi connectivity index (χ3n) is 1.75. The minimum Gasteiger partial charge on any atom is -0.481 e. The number of rotatable bonds is 3. The monoisotopic (exact) mass is 208 g/mol. The van der Waals surface area contributed by atoms with Crippen LogP contribution in [0.1, 0.15) is 6.42 Å². The number of urea groups is 1. The standard InChI is InChI=1S/C7H10F2N2O3/c8-7(9)3-11(4-7)6(14)10-2-1-5(12)13/h1-4H2,(H,10,14)(H,12,13). The van der Waals surface area contributed by atoms with E-state index in [1.165, 1.54) is 0 Å². The highest BCUT2D eigenvalue weighted by Crippen LogP contribution is 2.26. The zero-order chi connectivity index (χ0) is 10.8. The molecule has 0 bridgehead atoms. The summed E-state index contributed by atoms with van der Waals surface area (Å²) in [5, 5.41) is 10.5. The van der Waals surface area contributed by atoms with Gasteiger partial charge in [-0.3, -0.25) is 4.79 Å². The van der Waals surface area contributed by atoms with E-state index < -0.39 is 31.0 Å². The van der Waals surface area contributed by atoms with E-state index in [1.54, 1.807) is 0 Å². The second-order valence-corrected chi connectivity index (χ2v) is 3.09. The lowest BCUT2D eigenvalue weighted by Crippen LogP contribution is -2.61. The van der Waals surface area contributed by atoms with E-state index in [4.69, 9.17) is 5.11 Å². The van der Waals surface area contributed by atoms with Crippen molar-refractivity contribution in [2.45, 2.75) is 12.3 Å². The molecule has 0 aromatic carbocycles. The molecule has 0 saturated carbocycles. The van der Waals surface area contributed by atoms with Crippen molar-refractivity contribution < 1.29 is 23.5 Å². The lowest BCUT2D eigenvalue weighted by molar-refractivity contribution is -0.136. The Hall–Kier alpha value is -1.40. The predicted molar refractivity (Wildman–Crippen MR) is 42.2 cm³/mol. The molecular formula is C7H10F2N2O3. The molecule has 0 unspecified atom stereocenters. The first-order valence-electron chi connectivity index (χ1n) is 4.03. The molecule has 14 heavy (non-hydrogen) atoms. The van der Waals surface area contributed by atoms with Crippen molar-refractivity contribution in [1.82, 2.24) is 10.2 Å². The summed E-state index contributed by atoms with van der Waals surface area (Å²) in [5.74, 6) is -3.83. The lowest BCUT2D eigenvalue weighted by Gasteiger charge is -2.38. The smallest absolute Gasteiger partial charge is 0.317 e. The second kappa shape index (κ2) is 3.77. The molecule has 1 fully saturated rings. The SMILES string of the molecule is O=C(O)CCNC(=O)N1CC(F)(F)C1. The average molecular weight is 208 g/mol. The molecule has 1 saturated heterocycles. The van der Waals surface area contributed by atoms with Crippen LogP contribution in [-0.2, 0) is 4.79 Å². The molecule has 2 N–H and O–H groups in total. The van der Waals surface area contributed by atoms with Gasteiger partial charge in [0.15, 0.2) is 0 Å². The highest BCUT2D eigenvalue weighted by Gasteiger charge is 2.46. The Labute approximate surface area is 78.7 Å². The van der Waals surface area contributed by atoms with Crippen molar-refractivity contribution >= 4 is 12.0 Å². The fraction of sp³-hybridized carbons (Fsp3) is 0.714. The highest BCUT2D eigenvalue weighted by molar-refractivity contribution is 5.76. The molecule has 2 amide bonds. The van der Waals surface area contributed by atoms with Crippen molar-refractivity contribution in [2.75, 3.05) is 19.6 Å². The van der Waals surface area contributed by atoms with Crippen LogP contribution >= 0.6 is 0 Å². The molecule has 80 valence electrons. The number of nitrogens with zero attached hydrogens (tertiary/aromatic N) is 1. The van der Waals surface area contributed by atoms with Gasteiger partial charge < -0.3 is 15.3 Å². The molecule has 1 aliphatic heterocycles. The van der Waals surface area contributed by atoms with E-state index in [1.807, 2.05) is 0 Å². The Balaban J connectivity index is 2.15. The summed E-state index contributed by atoms with van der Waals surface area (Å²) in [5.41, 5.74) is 0. The maximum Gasteiger partial charge on any atom is 0.317 e. The van der Waals surface area contributed by atoms with E-state index in [0.717, 1.165) is 4.90 Å². The van der Waals surface area contributed by atoms with E-state index in [-0.39, 0.29) is 13.0 Å². The number of likely N-dealkylation sites (tertiary alicyclic amines) is 1. The molecular weight excluding hydrogens is 198 g/mol. The van der Waals surface area contributed by atoms with Crippen LogP contribution in [0, 0.1) is 0 Å². The molecule has 7 heteroatoms. The van der Waals surface area contributed by atoms with Crippen LogP contribution in [0.2, 0.25) is 0 Å². The van der Waals surface area contributed by atoms with Gasteiger partial charge in [-0.25, -0.2) is 13.6 Å². The summed E-state index contributed by atoms with van der Waals surface area (Å²) in [6.07, 6.45) is -0.212. The van der Waals surface area contributed by atoms with Crippen molar-refractivity contribution in [2.24, 2.45) is 0 Å². The number of alkyl halides is 2. The summed E-state index contributed by atoms with van der Waals surface area (Å²) in [6, 6.07) is -0.642. The summed E-state index contributed by atoms with van der Waals surface area (Å²) in [4.78, 5) is 22.0. The first-order valence-corrected chi connectivity index (χ1v) is 4.03. The van der Waals surface area contributed by atoms with Crippen molar-refractivity contribution in [3.05, 3.63) is 0 Å². The van der Waals surface area contributed by atoms with Crippen LogP contribution in [0.25, 0.3) is 0 Å². The third-order valence-corrected chi connectivity index (χ3v) is 1.75. The van der Waals surface area contributed by atoms with Crippen molar-refractivity contribution in [3.8, 4) is 0 Å². The van der Waals surface area contributed by atoms with Gasteiger partial charge in [0.25, 0.3) is 5.92 Å². The van der Waals surface area contributed by atoms with Crippen LogP contribution in [0.4, 0.5) is 13.6 Å². The predicted octanol–water partition coefficient (Wildman–Crippen LogP) is 0.122. The molecule has 0 aromatic heterocycles. The molecule has 1 heterocycles. The average Bonchev–Trinajstić information content (AvgIpc) is 1.99. The van der Waals surface area contributed by atoms with Crippen LogP contribution in [0.3, 0.4) is 0 Å². The van der Waals surface area contributed by atoms with Crippen LogP contribution in [0.15, 0.2) is 0 Å². The van der Waals surface area contributed by atoms with Gasteiger partial charge in [-0.1, -0.05) is 0 Å². The Morgan fingerprint density at radius 2 is 2.00 bits per heavy atom. The first-order chi connectivity index (χ1) is 6.41. The van der Waals surface area contributed by atoms with Crippen molar-refractivity contribution in [3.63, 3.8) is 0 Å². The van der Waals surface area contributed by atoms with Gasteiger partial charge in [0, 0.05) is 6.54 Å². The largest absolute Gasteiger partial charge is 0.481 e. The Morgan fingerprint density at radius 3 is 2.43 bits per heavy atom. The zero-order valence-electron chi connectivity index (χ0n) is 7.30. The van der Waals surface area contributed by atoms with Crippen LogP contribution < -0.4 is 5.32 Å². The van der Waals surface area contributed by atoms with E-state index in [0.29, 0.717) is 0 Å². The summed E-state index contributed by atoms with van der Waals surface area (Å²) < 4.78 is 24.6. The molecule has 0 spiro atoms. The number of nitrogens with one attached hydrogen (secondary N) is 1. The van der Waals surface area contributed by atoms with Gasteiger partial charge in [0.05, 0.1) is 19.5 Å². The Kier molecular flexibility index (Phi) is 2.87. The number of carboxylic acids is 1. The number of halogens is 2. The van der Waals surface area contributed by atoms with Crippen LogP contribution in [-0.4, -0.2) is 47.6 Å². The van der Waals surface area contributed by atoms with Gasteiger partial charge in [-0.05, 0) is 0 Å². The topological polar surface area (TPSA) is 69.6 Å². The summed E-state index contributed by atoms with van der Waals surface area (Å²) >= 11 is 0. The summed E-state index contributed by atoms with van der Waals surface area (Å²) in [7, 11) is 0. The molecule has 0 atom stereocenters. The third kappa shape index (κ3) is 2.82. The highest BCUT2D eigenvalue weighted by atomic mass is 19.3. The van der Waals surface area contributed by atoms with Gasteiger partial charge in [-0.2, -0.15) is 0 Å². The Bertz CT molecular complexity index is 249. The molecule has 0 aliphatic carbocycles. The van der Waals surface area contributed by atoms with Gasteiger partial charge in [0.2, 0.25) is 0 Å². The fourth-order valence-electron chi connectivity index (χ4n) is 1.04. The quantitative estimate of drug-likeness (QED) is 0.692. The minimum absolute atomic E-state index is 0.0454. The maximum atomic E-state index is 12.3. The normalized spacial score (nSPS) is 18.6. The maximum absolute atomic E-state index is 12.3. The number of hydrogen-bond acceptors (Lipinski definition) is 2. The fourth-order valence-corrected chi connectivity index (χ4v) is 1.04. The number of amides is 2. The number of aliphatic carboxylic acids is 1. The van der Waals surface area contributed by atoms with Crippen molar-refractivity contribution in [1.29, 1.82) is 0 Å². The van der Waals surface area contributed by atoms with E-state index in [2.05, 4.69) is 5.32 Å².